The summed E-state index contributed by atoms with van der Waals surface area (Å²) >= 11 is 3.76. The predicted octanol–water partition coefficient (Wildman–Crippen LogP) is 4.91. The van der Waals surface area contributed by atoms with Gasteiger partial charge in [0.25, 0.3) is 0 Å². The monoisotopic (exact) mass is 357 g/mol. The molecule has 0 spiro atoms. The molecule has 1 amide bonds. The number of fused-ring (bicyclic) bond motifs is 1. The van der Waals surface area contributed by atoms with Crippen molar-refractivity contribution in [2.75, 3.05) is 6.54 Å². The van der Waals surface area contributed by atoms with Crippen LogP contribution in [0.2, 0.25) is 0 Å². The highest BCUT2D eigenvalue weighted by atomic mass is 79.9. The molecule has 1 N–H and O–H groups in total. The van der Waals surface area contributed by atoms with E-state index in [1.54, 1.807) is 0 Å². The van der Waals surface area contributed by atoms with Gasteiger partial charge in [0.15, 0.2) is 0 Å². The van der Waals surface area contributed by atoms with Gasteiger partial charge in [0.1, 0.15) is 0 Å². The van der Waals surface area contributed by atoms with Crippen molar-refractivity contribution in [3.8, 4) is 0 Å². The fourth-order valence-corrected chi connectivity index (χ4v) is 5.33. The first-order valence-electron chi connectivity index (χ1n) is 9.07. The summed E-state index contributed by atoms with van der Waals surface area (Å²) in [6.45, 7) is 5.25. The van der Waals surface area contributed by atoms with Gasteiger partial charge in [-0.15, -0.1) is 0 Å². The largest absolute Gasteiger partial charge is 0.355 e. The Morgan fingerprint density at radius 3 is 2.43 bits per heavy atom. The van der Waals surface area contributed by atoms with Crippen molar-refractivity contribution in [2.24, 2.45) is 23.7 Å². The van der Waals surface area contributed by atoms with E-state index in [4.69, 9.17) is 0 Å². The number of rotatable bonds is 6. The Hall–Kier alpha value is -0.0500. The summed E-state index contributed by atoms with van der Waals surface area (Å²) in [5.74, 6) is 3.03. The van der Waals surface area contributed by atoms with E-state index >= 15 is 0 Å². The third-order valence-electron chi connectivity index (χ3n) is 5.94. The predicted molar refractivity (Wildman–Crippen MR) is 92.6 cm³/mol. The molecule has 0 bridgehead atoms. The van der Waals surface area contributed by atoms with E-state index in [1.165, 1.54) is 44.9 Å². The van der Waals surface area contributed by atoms with Crippen molar-refractivity contribution in [1.29, 1.82) is 0 Å². The second-order valence-electron chi connectivity index (χ2n) is 7.15. The molecule has 2 nitrogen and oxygen atoms in total. The summed E-state index contributed by atoms with van der Waals surface area (Å²) in [6, 6.07) is 0. The van der Waals surface area contributed by atoms with Crippen LogP contribution in [-0.4, -0.2) is 17.3 Å². The number of hydrogen-bond donors (Lipinski definition) is 1. The van der Waals surface area contributed by atoms with Crippen LogP contribution in [-0.2, 0) is 4.79 Å². The molecule has 0 aromatic rings. The molecule has 3 heteroatoms. The van der Waals surface area contributed by atoms with E-state index < -0.39 is 0 Å². The molecule has 122 valence electrons. The Balaban J connectivity index is 1.76. The van der Waals surface area contributed by atoms with Crippen LogP contribution in [0.25, 0.3) is 0 Å². The molecule has 4 atom stereocenters. The van der Waals surface area contributed by atoms with Gasteiger partial charge >= 0.3 is 0 Å². The van der Waals surface area contributed by atoms with Gasteiger partial charge in [-0.25, -0.2) is 0 Å². The third kappa shape index (κ3) is 4.71. The standard InChI is InChI=1S/C18H32BrNO/c1-3-13(4-2)17(19)12-20-18(21)16-10-9-14-7-5-6-8-15(14)11-16/h13-17H,3-12H2,1-2H3,(H,20,21). The van der Waals surface area contributed by atoms with Crippen LogP contribution < -0.4 is 5.32 Å². The number of alkyl halides is 1. The number of carbonyl (C=O) groups excluding carboxylic acids is 1. The van der Waals surface area contributed by atoms with Crippen LogP contribution in [0, 0.1) is 23.7 Å². The van der Waals surface area contributed by atoms with E-state index in [-0.39, 0.29) is 5.92 Å². The molecule has 2 saturated carbocycles. The average molecular weight is 358 g/mol. The van der Waals surface area contributed by atoms with Crippen molar-refractivity contribution < 1.29 is 4.79 Å². The van der Waals surface area contributed by atoms with Gasteiger partial charge in [-0.1, -0.05) is 68.3 Å². The van der Waals surface area contributed by atoms with Crippen molar-refractivity contribution in [3.63, 3.8) is 0 Å². The maximum absolute atomic E-state index is 12.4. The molecule has 4 unspecified atom stereocenters. The maximum Gasteiger partial charge on any atom is 0.223 e. The average Bonchev–Trinajstić information content (AvgIpc) is 2.53. The van der Waals surface area contributed by atoms with Crippen LogP contribution in [0.3, 0.4) is 0 Å². The summed E-state index contributed by atoms with van der Waals surface area (Å²) < 4.78 is 0. The molecule has 2 aliphatic carbocycles. The van der Waals surface area contributed by atoms with Crippen LogP contribution in [0.1, 0.15) is 71.6 Å². The molecule has 0 radical (unpaired) electrons. The SMILES string of the molecule is CCC(CC)C(Br)CNC(=O)C1CCC2CCCCC2C1. The van der Waals surface area contributed by atoms with Crippen molar-refractivity contribution >= 4 is 21.8 Å². The number of amides is 1. The zero-order valence-electron chi connectivity index (χ0n) is 13.7. The first kappa shape index (κ1) is 17.3. The molecule has 0 heterocycles. The van der Waals surface area contributed by atoms with Crippen LogP contribution >= 0.6 is 15.9 Å². The maximum atomic E-state index is 12.4. The highest BCUT2D eigenvalue weighted by Crippen LogP contribution is 2.42. The minimum absolute atomic E-state index is 0.283. The van der Waals surface area contributed by atoms with Gasteiger partial charge in [-0.3, -0.25) is 4.79 Å². The lowest BCUT2D eigenvalue weighted by Gasteiger charge is -2.38. The summed E-state index contributed by atoms with van der Waals surface area (Å²) in [5, 5.41) is 3.21. The minimum atomic E-state index is 0.283. The zero-order valence-corrected chi connectivity index (χ0v) is 15.3. The highest BCUT2D eigenvalue weighted by molar-refractivity contribution is 9.09. The fraction of sp³-hybridized carbons (Fsp3) is 0.944. The Kier molecular flexibility index (Phi) is 7.04. The van der Waals surface area contributed by atoms with Gasteiger partial charge in [0.2, 0.25) is 5.91 Å². The third-order valence-corrected chi connectivity index (χ3v) is 7.01. The van der Waals surface area contributed by atoms with E-state index in [2.05, 4.69) is 35.1 Å². The van der Waals surface area contributed by atoms with E-state index in [9.17, 15) is 4.79 Å². The fourth-order valence-electron chi connectivity index (χ4n) is 4.42. The molecule has 2 rings (SSSR count). The Morgan fingerprint density at radius 1 is 1.10 bits per heavy atom. The number of nitrogens with one attached hydrogen (secondary N) is 1. The van der Waals surface area contributed by atoms with Gasteiger partial charge in [-0.05, 0) is 37.0 Å². The van der Waals surface area contributed by atoms with Gasteiger partial charge in [0.05, 0.1) is 0 Å². The quantitative estimate of drug-likeness (QED) is 0.672. The summed E-state index contributed by atoms with van der Waals surface area (Å²) in [6.07, 6.45) is 11.5. The first-order chi connectivity index (χ1) is 10.2. The molecule has 0 aliphatic heterocycles. The van der Waals surface area contributed by atoms with Crippen LogP contribution in [0.5, 0.6) is 0 Å². The normalized spacial score (nSPS) is 30.8. The Morgan fingerprint density at radius 2 is 1.76 bits per heavy atom. The Labute approximate surface area is 139 Å². The molecular formula is C18H32BrNO. The molecule has 0 saturated heterocycles. The topological polar surface area (TPSA) is 29.1 Å². The first-order valence-corrected chi connectivity index (χ1v) is 9.99. The highest BCUT2D eigenvalue weighted by Gasteiger charge is 2.35. The Bertz CT molecular complexity index is 329. The smallest absolute Gasteiger partial charge is 0.223 e. The van der Waals surface area contributed by atoms with E-state index in [1.807, 2.05) is 0 Å². The second-order valence-corrected chi connectivity index (χ2v) is 8.33. The molecule has 0 aromatic heterocycles. The summed E-state index contributed by atoms with van der Waals surface area (Å²) in [7, 11) is 0. The number of halogens is 1. The summed E-state index contributed by atoms with van der Waals surface area (Å²) in [5.41, 5.74) is 0. The van der Waals surface area contributed by atoms with Crippen LogP contribution in [0.15, 0.2) is 0 Å². The van der Waals surface area contributed by atoms with Gasteiger partial charge in [0, 0.05) is 17.3 Å². The minimum Gasteiger partial charge on any atom is -0.355 e. The van der Waals surface area contributed by atoms with Crippen molar-refractivity contribution in [1.82, 2.24) is 5.32 Å². The van der Waals surface area contributed by atoms with Gasteiger partial charge in [-0.2, -0.15) is 0 Å². The lowest BCUT2D eigenvalue weighted by atomic mass is 9.67. The zero-order chi connectivity index (χ0) is 15.2. The van der Waals surface area contributed by atoms with Gasteiger partial charge < -0.3 is 5.32 Å². The molecule has 2 fully saturated rings. The molecule has 21 heavy (non-hydrogen) atoms. The molecular weight excluding hydrogens is 326 g/mol. The number of hydrogen-bond acceptors (Lipinski definition) is 1. The summed E-state index contributed by atoms with van der Waals surface area (Å²) in [4.78, 5) is 12.9. The van der Waals surface area contributed by atoms with E-state index in [0.29, 0.717) is 16.7 Å². The van der Waals surface area contributed by atoms with Crippen molar-refractivity contribution in [2.45, 2.75) is 76.5 Å². The lowest BCUT2D eigenvalue weighted by Crippen LogP contribution is -2.40. The van der Waals surface area contributed by atoms with E-state index in [0.717, 1.165) is 31.2 Å². The van der Waals surface area contributed by atoms with Crippen LogP contribution in [0.4, 0.5) is 0 Å². The number of carbonyl (C=O) groups is 1. The second kappa shape index (κ2) is 8.55. The molecule has 2 aliphatic rings. The lowest BCUT2D eigenvalue weighted by molar-refractivity contribution is -0.127. The van der Waals surface area contributed by atoms with Crippen molar-refractivity contribution in [3.05, 3.63) is 0 Å². The molecule has 0 aromatic carbocycles.